The molecule has 0 fully saturated rings. The minimum absolute atomic E-state index is 0.0359. The van der Waals surface area contributed by atoms with Gasteiger partial charge in [0.15, 0.2) is 10.9 Å². The lowest BCUT2D eigenvalue weighted by atomic mass is 10.2. The van der Waals surface area contributed by atoms with E-state index in [9.17, 15) is 18.0 Å². The van der Waals surface area contributed by atoms with Crippen LogP contribution < -0.4 is 10.1 Å². The van der Waals surface area contributed by atoms with E-state index in [1.54, 1.807) is 25.3 Å². The third-order valence-corrected chi connectivity index (χ3v) is 4.83. The van der Waals surface area contributed by atoms with Crippen molar-refractivity contribution >= 4 is 17.7 Å². The van der Waals surface area contributed by atoms with E-state index in [0.29, 0.717) is 6.54 Å². The van der Waals surface area contributed by atoms with Gasteiger partial charge in [-0.2, -0.15) is 13.2 Å². The zero-order valence-electron chi connectivity index (χ0n) is 15.9. The Balaban J connectivity index is 1.56. The van der Waals surface area contributed by atoms with Gasteiger partial charge in [0.25, 0.3) is 0 Å². The first-order chi connectivity index (χ1) is 14.3. The molecule has 0 atom stereocenters. The van der Waals surface area contributed by atoms with Crippen LogP contribution in [0.15, 0.2) is 58.3 Å². The first-order valence-electron chi connectivity index (χ1n) is 8.88. The number of amides is 1. The summed E-state index contributed by atoms with van der Waals surface area (Å²) in [5.41, 5.74) is -0.120. The molecule has 1 amide bonds. The number of aromatic nitrogens is 2. The molecule has 0 saturated heterocycles. The summed E-state index contributed by atoms with van der Waals surface area (Å²) in [5, 5.41) is 2.69. The van der Waals surface area contributed by atoms with Crippen molar-refractivity contribution in [2.75, 3.05) is 12.9 Å². The van der Waals surface area contributed by atoms with Crippen molar-refractivity contribution in [2.45, 2.75) is 24.3 Å². The number of ether oxygens (including phenoxy) is 1. The van der Waals surface area contributed by atoms with Crippen molar-refractivity contribution in [3.8, 4) is 17.2 Å². The van der Waals surface area contributed by atoms with Crippen LogP contribution in [0.2, 0.25) is 0 Å². The summed E-state index contributed by atoms with van der Waals surface area (Å²) in [6.45, 7) is 0.343. The average molecular weight is 437 g/mol. The monoisotopic (exact) mass is 437 g/mol. The first-order valence-corrected chi connectivity index (χ1v) is 9.86. The van der Waals surface area contributed by atoms with Gasteiger partial charge in [0.1, 0.15) is 17.1 Å². The molecule has 158 valence electrons. The van der Waals surface area contributed by atoms with E-state index >= 15 is 0 Å². The molecule has 0 radical (unpaired) electrons. The molecule has 1 N–H and O–H groups in total. The molecule has 3 rings (SSSR count). The molecule has 6 nitrogen and oxygen atoms in total. The van der Waals surface area contributed by atoms with E-state index in [-0.39, 0.29) is 34.7 Å². The molecular formula is C20H18F3N3O3S. The van der Waals surface area contributed by atoms with Gasteiger partial charge in [-0.05, 0) is 35.9 Å². The summed E-state index contributed by atoms with van der Waals surface area (Å²) in [5.74, 6) is 0.933. The molecule has 0 unspecified atom stereocenters. The molecule has 2 heterocycles. The Morgan fingerprint density at radius 1 is 1.20 bits per heavy atom. The Morgan fingerprint density at radius 2 is 1.97 bits per heavy atom. The van der Waals surface area contributed by atoms with E-state index in [4.69, 9.17) is 9.15 Å². The number of alkyl halides is 3. The fourth-order valence-corrected chi connectivity index (χ4v) is 3.25. The number of hydrogen-bond acceptors (Lipinski definition) is 6. The number of benzene rings is 1. The Hall–Kier alpha value is -3.01. The number of carbonyl (C=O) groups is 1. The van der Waals surface area contributed by atoms with E-state index < -0.39 is 11.9 Å². The summed E-state index contributed by atoms with van der Waals surface area (Å²) < 4.78 is 49.6. The van der Waals surface area contributed by atoms with E-state index in [1.165, 1.54) is 12.3 Å². The highest BCUT2D eigenvalue weighted by Crippen LogP contribution is 2.32. The summed E-state index contributed by atoms with van der Waals surface area (Å²) in [7, 11) is 1.57. The molecule has 3 aromatic rings. The fourth-order valence-electron chi connectivity index (χ4n) is 2.45. The number of methoxy groups -OCH3 is 1. The minimum Gasteiger partial charge on any atom is -0.497 e. The number of furan rings is 1. The standard InChI is InChI=1S/C20H18F3N3O3S/c1-28-14-6-4-13(5-7-14)12-24-18(27)8-10-30-19-25-15(16-3-2-9-29-16)11-17(26-19)20(21,22)23/h2-7,9,11H,8,10,12H2,1H3,(H,24,27). The van der Waals surface area contributed by atoms with Crippen molar-refractivity contribution in [1.82, 2.24) is 15.3 Å². The highest BCUT2D eigenvalue weighted by Gasteiger charge is 2.34. The number of carbonyl (C=O) groups excluding carboxylic acids is 1. The molecule has 10 heteroatoms. The van der Waals surface area contributed by atoms with Gasteiger partial charge in [0.05, 0.1) is 13.4 Å². The summed E-state index contributed by atoms with van der Waals surface area (Å²) in [4.78, 5) is 19.7. The Bertz CT molecular complexity index is 977. The van der Waals surface area contributed by atoms with Crippen molar-refractivity contribution < 1.29 is 27.1 Å². The lowest BCUT2D eigenvalue weighted by Crippen LogP contribution is -2.23. The average Bonchev–Trinajstić information content (AvgIpc) is 3.27. The molecule has 0 saturated carbocycles. The second-order valence-corrected chi connectivity index (χ2v) is 7.18. The number of hydrogen-bond donors (Lipinski definition) is 1. The predicted molar refractivity (Wildman–Crippen MR) is 105 cm³/mol. The Morgan fingerprint density at radius 3 is 2.60 bits per heavy atom. The third kappa shape index (κ3) is 5.99. The van der Waals surface area contributed by atoms with Crippen molar-refractivity contribution in [1.29, 1.82) is 0 Å². The molecule has 0 bridgehead atoms. The van der Waals surface area contributed by atoms with Gasteiger partial charge in [-0.1, -0.05) is 23.9 Å². The maximum absolute atomic E-state index is 13.1. The van der Waals surface area contributed by atoms with Gasteiger partial charge in [0, 0.05) is 18.7 Å². The number of nitrogens with zero attached hydrogens (tertiary/aromatic N) is 2. The number of rotatable bonds is 8. The van der Waals surface area contributed by atoms with Crippen LogP contribution in [0.3, 0.4) is 0 Å². The normalized spacial score (nSPS) is 11.3. The van der Waals surface area contributed by atoms with Crippen LogP contribution in [0.4, 0.5) is 13.2 Å². The van der Waals surface area contributed by atoms with Gasteiger partial charge in [-0.3, -0.25) is 4.79 Å². The Kier molecular flexibility index (Phi) is 6.99. The van der Waals surface area contributed by atoms with Crippen molar-refractivity contribution in [2.24, 2.45) is 0 Å². The quantitative estimate of drug-likeness (QED) is 0.411. The van der Waals surface area contributed by atoms with Crippen LogP contribution >= 0.6 is 11.8 Å². The van der Waals surface area contributed by atoms with Gasteiger partial charge in [0.2, 0.25) is 5.91 Å². The van der Waals surface area contributed by atoms with Crippen LogP contribution in [0, 0.1) is 0 Å². The number of halogens is 3. The van der Waals surface area contributed by atoms with E-state index in [2.05, 4.69) is 15.3 Å². The maximum Gasteiger partial charge on any atom is 0.433 e. The molecule has 1 aromatic carbocycles. The van der Waals surface area contributed by atoms with Crippen LogP contribution in [-0.4, -0.2) is 28.7 Å². The van der Waals surface area contributed by atoms with Crippen LogP contribution in [0.5, 0.6) is 5.75 Å². The van der Waals surface area contributed by atoms with Gasteiger partial charge >= 0.3 is 6.18 Å². The third-order valence-electron chi connectivity index (χ3n) is 3.98. The molecule has 0 aliphatic rings. The van der Waals surface area contributed by atoms with Crippen molar-refractivity contribution in [3.63, 3.8) is 0 Å². The molecule has 0 spiro atoms. The molecule has 2 aromatic heterocycles. The van der Waals surface area contributed by atoms with Crippen LogP contribution in [0.1, 0.15) is 17.7 Å². The Labute approximate surface area is 174 Å². The highest BCUT2D eigenvalue weighted by molar-refractivity contribution is 7.99. The fraction of sp³-hybridized carbons (Fsp3) is 0.250. The number of thioether (sulfide) groups is 1. The second-order valence-electron chi connectivity index (χ2n) is 6.12. The van der Waals surface area contributed by atoms with E-state index in [1.807, 2.05) is 12.1 Å². The first kappa shape index (κ1) is 21.7. The summed E-state index contributed by atoms with van der Waals surface area (Å²) in [6, 6.07) is 11.2. The molecular weight excluding hydrogens is 419 g/mol. The topological polar surface area (TPSA) is 77.2 Å². The van der Waals surface area contributed by atoms with Gasteiger partial charge in [-0.25, -0.2) is 9.97 Å². The zero-order valence-corrected chi connectivity index (χ0v) is 16.7. The van der Waals surface area contributed by atoms with Crippen molar-refractivity contribution in [3.05, 3.63) is 60.0 Å². The lowest BCUT2D eigenvalue weighted by molar-refractivity contribution is -0.141. The SMILES string of the molecule is COc1ccc(CNC(=O)CCSc2nc(-c3ccco3)cc(C(F)(F)F)n2)cc1. The second kappa shape index (κ2) is 9.66. The van der Waals surface area contributed by atoms with Gasteiger partial charge < -0.3 is 14.5 Å². The smallest absolute Gasteiger partial charge is 0.433 e. The van der Waals surface area contributed by atoms with Gasteiger partial charge in [-0.15, -0.1) is 0 Å². The highest BCUT2D eigenvalue weighted by atomic mass is 32.2. The molecule has 30 heavy (non-hydrogen) atoms. The zero-order chi connectivity index (χ0) is 21.6. The molecule has 0 aliphatic heterocycles. The van der Waals surface area contributed by atoms with Crippen LogP contribution in [-0.2, 0) is 17.5 Å². The maximum atomic E-state index is 13.1. The molecule has 0 aliphatic carbocycles. The number of nitrogens with one attached hydrogen (secondary N) is 1. The summed E-state index contributed by atoms with van der Waals surface area (Å²) in [6.07, 6.45) is -3.16. The predicted octanol–water partition coefficient (Wildman–Crippen LogP) is 4.56. The van der Waals surface area contributed by atoms with E-state index in [0.717, 1.165) is 29.1 Å². The van der Waals surface area contributed by atoms with Crippen LogP contribution in [0.25, 0.3) is 11.5 Å². The largest absolute Gasteiger partial charge is 0.497 e. The summed E-state index contributed by atoms with van der Waals surface area (Å²) >= 11 is 0.976. The lowest BCUT2D eigenvalue weighted by Gasteiger charge is -2.09. The minimum atomic E-state index is -4.62.